The summed E-state index contributed by atoms with van der Waals surface area (Å²) in [6.45, 7) is 12.4. The van der Waals surface area contributed by atoms with Crippen LogP contribution in [-0.4, -0.2) is 25.1 Å². The van der Waals surface area contributed by atoms with Gasteiger partial charge in [0.05, 0.1) is 0 Å². The number of hydrogen-bond donors (Lipinski definition) is 2. The molecule has 0 aromatic heterocycles. The van der Waals surface area contributed by atoms with Crippen molar-refractivity contribution in [3.63, 3.8) is 0 Å². The first kappa shape index (κ1) is 15.5. The van der Waals surface area contributed by atoms with Gasteiger partial charge >= 0.3 is 0 Å². The molecule has 0 amide bonds. The molecule has 1 aromatic carbocycles. The van der Waals surface area contributed by atoms with Crippen molar-refractivity contribution in [2.75, 3.05) is 13.1 Å². The van der Waals surface area contributed by atoms with E-state index in [1.165, 1.54) is 11.1 Å². The van der Waals surface area contributed by atoms with Crippen molar-refractivity contribution in [1.29, 1.82) is 0 Å². The molecule has 0 fully saturated rings. The molecule has 19 heavy (non-hydrogen) atoms. The topological polar surface area (TPSA) is 36.4 Å². The van der Waals surface area contributed by atoms with Crippen molar-refractivity contribution in [1.82, 2.24) is 10.6 Å². The van der Waals surface area contributed by atoms with Crippen LogP contribution in [0.3, 0.4) is 0 Å². The first-order valence-corrected chi connectivity index (χ1v) is 7.14. The molecule has 0 spiro atoms. The average Bonchev–Trinajstić information content (AvgIpc) is 2.35. The quantitative estimate of drug-likeness (QED) is 0.631. The standard InChI is InChI=1S/C16H27N3/c1-6-17-16(19-12(2)3)18-11-14(5)15-9-7-8-13(4)10-15/h7-10,12,14H,6,11H2,1-5H3,(H2,17,18,19). The molecule has 1 aromatic rings. The van der Waals surface area contributed by atoms with E-state index in [-0.39, 0.29) is 0 Å². The van der Waals surface area contributed by atoms with Crippen molar-refractivity contribution in [2.45, 2.75) is 46.6 Å². The van der Waals surface area contributed by atoms with Crippen LogP contribution in [0.1, 0.15) is 44.7 Å². The zero-order valence-corrected chi connectivity index (χ0v) is 12.8. The molecule has 0 bridgehead atoms. The number of aryl methyl sites for hydroxylation is 1. The van der Waals surface area contributed by atoms with Gasteiger partial charge in [-0.25, -0.2) is 0 Å². The third kappa shape index (κ3) is 5.77. The molecule has 0 aliphatic carbocycles. The third-order valence-corrected chi connectivity index (χ3v) is 2.90. The van der Waals surface area contributed by atoms with Crippen LogP contribution >= 0.6 is 0 Å². The highest BCUT2D eigenvalue weighted by Gasteiger charge is 2.06. The van der Waals surface area contributed by atoms with E-state index in [4.69, 9.17) is 0 Å². The van der Waals surface area contributed by atoms with Gasteiger partial charge in [0.2, 0.25) is 0 Å². The van der Waals surface area contributed by atoms with Crippen LogP contribution in [0.25, 0.3) is 0 Å². The Morgan fingerprint density at radius 2 is 2.00 bits per heavy atom. The van der Waals surface area contributed by atoms with Gasteiger partial charge in [-0.15, -0.1) is 0 Å². The van der Waals surface area contributed by atoms with Gasteiger partial charge in [0.15, 0.2) is 5.96 Å². The second-order valence-corrected chi connectivity index (χ2v) is 5.33. The summed E-state index contributed by atoms with van der Waals surface area (Å²) in [5, 5.41) is 6.61. The molecule has 3 heteroatoms. The molecule has 1 unspecified atom stereocenters. The van der Waals surface area contributed by atoms with Gasteiger partial charge in [-0.2, -0.15) is 0 Å². The van der Waals surface area contributed by atoms with E-state index in [9.17, 15) is 0 Å². The second-order valence-electron chi connectivity index (χ2n) is 5.33. The van der Waals surface area contributed by atoms with Gasteiger partial charge in [-0.3, -0.25) is 4.99 Å². The second kappa shape index (κ2) is 7.82. The lowest BCUT2D eigenvalue weighted by molar-refractivity contribution is 0.690. The summed E-state index contributed by atoms with van der Waals surface area (Å²) in [5.74, 6) is 1.33. The highest BCUT2D eigenvalue weighted by molar-refractivity contribution is 5.80. The molecule has 0 saturated carbocycles. The Morgan fingerprint density at radius 3 is 2.58 bits per heavy atom. The minimum absolute atomic E-state index is 0.395. The monoisotopic (exact) mass is 261 g/mol. The van der Waals surface area contributed by atoms with Crippen molar-refractivity contribution in [3.05, 3.63) is 35.4 Å². The normalized spacial score (nSPS) is 13.5. The lowest BCUT2D eigenvalue weighted by atomic mass is 10.00. The van der Waals surface area contributed by atoms with E-state index in [1.54, 1.807) is 0 Å². The fourth-order valence-corrected chi connectivity index (χ4v) is 1.90. The van der Waals surface area contributed by atoms with Crippen molar-refractivity contribution in [3.8, 4) is 0 Å². The van der Waals surface area contributed by atoms with Crippen LogP contribution in [0.4, 0.5) is 0 Å². The van der Waals surface area contributed by atoms with E-state index in [2.05, 4.69) is 74.5 Å². The molecular weight excluding hydrogens is 234 g/mol. The molecule has 2 N–H and O–H groups in total. The zero-order valence-electron chi connectivity index (χ0n) is 12.8. The Labute approximate surface area is 117 Å². The number of guanidine groups is 1. The summed E-state index contributed by atoms with van der Waals surface area (Å²) in [6.07, 6.45) is 0. The van der Waals surface area contributed by atoms with E-state index in [0.717, 1.165) is 19.0 Å². The highest BCUT2D eigenvalue weighted by atomic mass is 15.2. The summed E-state index contributed by atoms with van der Waals surface area (Å²) in [7, 11) is 0. The SMILES string of the molecule is CCNC(=NCC(C)c1cccc(C)c1)NC(C)C. The van der Waals surface area contributed by atoms with Gasteiger partial charge in [0.25, 0.3) is 0 Å². The number of rotatable bonds is 5. The van der Waals surface area contributed by atoms with Crippen LogP contribution in [0, 0.1) is 6.92 Å². The Morgan fingerprint density at radius 1 is 1.26 bits per heavy atom. The number of aliphatic imine (C=N–C) groups is 1. The Hall–Kier alpha value is -1.51. The van der Waals surface area contributed by atoms with Gasteiger partial charge in [0.1, 0.15) is 0 Å². The lowest BCUT2D eigenvalue weighted by Gasteiger charge is -2.16. The largest absolute Gasteiger partial charge is 0.357 e. The van der Waals surface area contributed by atoms with Crippen molar-refractivity contribution < 1.29 is 0 Å². The maximum Gasteiger partial charge on any atom is 0.191 e. The minimum Gasteiger partial charge on any atom is -0.357 e. The highest BCUT2D eigenvalue weighted by Crippen LogP contribution is 2.16. The summed E-state index contributed by atoms with van der Waals surface area (Å²) in [6, 6.07) is 9.05. The zero-order chi connectivity index (χ0) is 14.3. The molecule has 0 saturated heterocycles. The predicted octanol–water partition coefficient (Wildman–Crippen LogP) is 3.06. The van der Waals surface area contributed by atoms with Crippen LogP contribution in [0.15, 0.2) is 29.3 Å². The molecule has 1 rings (SSSR count). The molecule has 0 aliphatic heterocycles. The third-order valence-electron chi connectivity index (χ3n) is 2.90. The number of hydrogen-bond acceptors (Lipinski definition) is 1. The van der Waals surface area contributed by atoms with Gasteiger partial charge < -0.3 is 10.6 Å². The summed E-state index contributed by atoms with van der Waals surface area (Å²) >= 11 is 0. The predicted molar refractivity (Wildman–Crippen MR) is 83.8 cm³/mol. The van der Waals surface area contributed by atoms with Crippen molar-refractivity contribution in [2.24, 2.45) is 4.99 Å². The first-order chi connectivity index (χ1) is 9.02. The Bertz CT molecular complexity index is 410. The Balaban J connectivity index is 2.65. The van der Waals surface area contributed by atoms with Gasteiger partial charge in [-0.1, -0.05) is 36.8 Å². The number of benzene rings is 1. The smallest absolute Gasteiger partial charge is 0.191 e. The fraction of sp³-hybridized carbons (Fsp3) is 0.562. The molecule has 0 radical (unpaired) electrons. The summed E-state index contributed by atoms with van der Waals surface area (Å²) in [4.78, 5) is 4.65. The maximum absolute atomic E-state index is 4.65. The minimum atomic E-state index is 0.395. The maximum atomic E-state index is 4.65. The average molecular weight is 261 g/mol. The van der Waals surface area contributed by atoms with E-state index < -0.39 is 0 Å². The van der Waals surface area contributed by atoms with Crippen molar-refractivity contribution >= 4 is 5.96 Å². The van der Waals surface area contributed by atoms with E-state index >= 15 is 0 Å². The van der Waals surface area contributed by atoms with Gasteiger partial charge in [0, 0.05) is 25.0 Å². The molecule has 1 atom stereocenters. The molecule has 106 valence electrons. The van der Waals surface area contributed by atoms with E-state index in [0.29, 0.717) is 12.0 Å². The number of nitrogens with one attached hydrogen (secondary N) is 2. The molecular formula is C16H27N3. The van der Waals surface area contributed by atoms with Crippen LogP contribution in [0.5, 0.6) is 0 Å². The van der Waals surface area contributed by atoms with Gasteiger partial charge in [-0.05, 0) is 33.3 Å². The van der Waals surface area contributed by atoms with Crippen LogP contribution in [0.2, 0.25) is 0 Å². The molecule has 3 nitrogen and oxygen atoms in total. The number of nitrogens with zero attached hydrogens (tertiary/aromatic N) is 1. The lowest BCUT2D eigenvalue weighted by Crippen LogP contribution is -2.41. The Kier molecular flexibility index (Phi) is 6.40. The van der Waals surface area contributed by atoms with Crippen LogP contribution in [-0.2, 0) is 0 Å². The summed E-state index contributed by atoms with van der Waals surface area (Å²) in [5.41, 5.74) is 2.66. The fourth-order valence-electron chi connectivity index (χ4n) is 1.90. The van der Waals surface area contributed by atoms with Crippen LogP contribution < -0.4 is 10.6 Å². The summed E-state index contributed by atoms with van der Waals surface area (Å²) < 4.78 is 0. The molecule has 0 heterocycles. The van der Waals surface area contributed by atoms with E-state index in [1.807, 2.05) is 0 Å². The first-order valence-electron chi connectivity index (χ1n) is 7.14. The molecule has 0 aliphatic rings.